The molecule has 0 radical (unpaired) electrons. The van der Waals surface area contributed by atoms with Gasteiger partial charge in [0.2, 0.25) is 0 Å². The minimum atomic E-state index is -0.0469. The van der Waals surface area contributed by atoms with E-state index in [9.17, 15) is 0 Å². The Kier molecular flexibility index (Phi) is 5.92. The molecule has 4 heteroatoms. The van der Waals surface area contributed by atoms with Gasteiger partial charge >= 0.3 is 0 Å². The topological polar surface area (TPSA) is 63.0 Å². The lowest BCUT2D eigenvalue weighted by Crippen LogP contribution is -2.34. The third-order valence-corrected chi connectivity index (χ3v) is 4.16. The van der Waals surface area contributed by atoms with E-state index in [4.69, 9.17) is 5.73 Å². The predicted molar refractivity (Wildman–Crippen MR) is 95.4 cm³/mol. The first-order valence-electron chi connectivity index (χ1n) is 7.81. The van der Waals surface area contributed by atoms with Gasteiger partial charge in [0.15, 0.2) is 0 Å². The molecule has 1 aliphatic rings. The van der Waals surface area contributed by atoms with Crippen molar-refractivity contribution in [1.82, 2.24) is 10.3 Å². The van der Waals surface area contributed by atoms with E-state index >= 15 is 0 Å². The van der Waals surface area contributed by atoms with E-state index in [2.05, 4.69) is 35.4 Å². The number of nitrogens with zero attached hydrogens (tertiary/aromatic N) is 1. The van der Waals surface area contributed by atoms with Gasteiger partial charge in [-0.25, -0.2) is 0 Å². The maximum Gasteiger partial charge on any atom is 0.0697 e. The van der Waals surface area contributed by atoms with Crippen LogP contribution in [-0.2, 0) is 0 Å². The van der Waals surface area contributed by atoms with Crippen LogP contribution in [0.2, 0.25) is 0 Å². The van der Waals surface area contributed by atoms with Gasteiger partial charge in [0, 0.05) is 17.3 Å². The number of nitrogens with one attached hydrogen (secondary N) is 2. The SMILES string of the molecule is C=Cc1cc(NC(=C)[C@@H](N)CC2CCNCC2)cnc1C=C. The van der Waals surface area contributed by atoms with Crippen molar-refractivity contribution >= 4 is 17.8 Å². The molecule has 0 unspecified atom stereocenters. The molecule has 2 rings (SSSR count). The molecule has 1 saturated heterocycles. The summed E-state index contributed by atoms with van der Waals surface area (Å²) >= 11 is 0. The Morgan fingerprint density at radius 1 is 1.41 bits per heavy atom. The monoisotopic (exact) mass is 298 g/mol. The summed E-state index contributed by atoms with van der Waals surface area (Å²) in [5, 5.41) is 6.65. The molecule has 2 heterocycles. The highest BCUT2D eigenvalue weighted by Crippen LogP contribution is 2.21. The Labute approximate surface area is 133 Å². The van der Waals surface area contributed by atoms with Crippen LogP contribution in [0, 0.1) is 5.92 Å². The summed E-state index contributed by atoms with van der Waals surface area (Å²) in [5.41, 5.74) is 9.77. The molecule has 1 aromatic rings. The minimum Gasteiger partial charge on any atom is -0.357 e. The van der Waals surface area contributed by atoms with Crippen LogP contribution in [0.1, 0.15) is 30.5 Å². The number of nitrogens with two attached hydrogens (primary N) is 1. The van der Waals surface area contributed by atoms with Crippen molar-refractivity contribution < 1.29 is 0 Å². The van der Waals surface area contributed by atoms with Crippen LogP contribution < -0.4 is 16.4 Å². The lowest BCUT2D eigenvalue weighted by Gasteiger charge is -2.26. The van der Waals surface area contributed by atoms with E-state index in [0.29, 0.717) is 5.92 Å². The second-order valence-electron chi connectivity index (χ2n) is 5.79. The number of rotatable bonds is 7. The summed E-state index contributed by atoms with van der Waals surface area (Å²) < 4.78 is 0. The Hall–Kier alpha value is -1.91. The van der Waals surface area contributed by atoms with E-state index in [0.717, 1.165) is 42.2 Å². The first-order valence-corrected chi connectivity index (χ1v) is 7.81. The van der Waals surface area contributed by atoms with Gasteiger partial charge in [0.05, 0.1) is 17.6 Å². The second-order valence-corrected chi connectivity index (χ2v) is 5.79. The molecule has 4 nitrogen and oxygen atoms in total. The van der Waals surface area contributed by atoms with Gasteiger partial charge in [0.1, 0.15) is 0 Å². The molecule has 1 aromatic heterocycles. The molecule has 118 valence electrons. The smallest absolute Gasteiger partial charge is 0.0697 e. The molecule has 1 atom stereocenters. The van der Waals surface area contributed by atoms with E-state index in [1.165, 1.54) is 12.8 Å². The molecule has 0 aliphatic carbocycles. The largest absolute Gasteiger partial charge is 0.357 e. The number of hydrogen-bond donors (Lipinski definition) is 3. The van der Waals surface area contributed by atoms with Crippen LogP contribution in [0.15, 0.2) is 37.7 Å². The average Bonchev–Trinajstić information content (AvgIpc) is 2.55. The molecule has 0 aromatic carbocycles. The van der Waals surface area contributed by atoms with Gasteiger partial charge in [-0.05, 0) is 50.4 Å². The van der Waals surface area contributed by atoms with Crippen LogP contribution >= 0.6 is 0 Å². The Balaban J connectivity index is 1.95. The Bertz CT molecular complexity index is 544. The lowest BCUT2D eigenvalue weighted by atomic mass is 9.90. The van der Waals surface area contributed by atoms with Crippen LogP contribution in [0.3, 0.4) is 0 Å². The molecule has 22 heavy (non-hydrogen) atoms. The predicted octanol–water partition coefficient (Wildman–Crippen LogP) is 3.01. The molecular weight excluding hydrogens is 272 g/mol. The highest BCUT2D eigenvalue weighted by molar-refractivity contribution is 5.65. The average molecular weight is 298 g/mol. The van der Waals surface area contributed by atoms with Crippen LogP contribution in [-0.4, -0.2) is 24.1 Å². The summed E-state index contributed by atoms with van der Waals surface area (Å²) in [6.45, 7) is 13.8. The lowest BCUT2D eigenvalue weighted by molar-refractivity contribution is 0.341. The number of aromatic nitrogens is 1. The molecule has 1 aliphatic heterocycles. The van der Waals surface area contributed by atoms with E-state index in [1.807, 2.05) is 6.07 Å². The summed E-state index contributed by atoms with van der Waals surface area (Å²) in [6, 6.07) is 1.94. The maximum atomic E-state index is 6.28. The van der Waals surface area contributed by atoms with Gasteiger partial charge in [-0.2, -0.15) is 0 Å². The third kappa shape index (κ3) is 4.29. The fraction of sp³-hybridized carbons (Fsp3) is 0.389. The molecular formula is C18H26N4. The third-order valence-electron chi connectivity index (χ3n) is 4.16. The maximum absolute atomic E-state index is 6.28. The van der Waals surface area contributed by atoms with Gasteiger partial charge in [-0.15, -0.1) is 0 Å². The van der Waals surface area contributed by atoms with Crippen molar-refractivity contribution in [2.75, 3.05) is 18.4 Å². The molecule has 0 amide bonds. The van der Waals surface area contributed by atoms with Crippen LogP contribution in [0.4, 0.5) is 5.69 Å². The zero-order chi connectivity index (χ0) is 15.9. The molecule has 4 N–H and O–H groups in total. The fourth-order valence-electron chi connectivity index (χ4n) is 2.79. The van der Waals surface area contributed by atoms with Crippen molar-refractivity contribution in [3.63, 3.8) is 0 Å². The summed E-state index contributed by atoms with van der Waals surface area (Å²) in [4.78, 5) is 4.35. The molecule has 1 fully saturated rings. The molecule has 0 bridgehead atoms. The van der Waals surface area contributed by atoms with Gasteiger partial charge in [-0.3, -0.25) is 4.98 Å². The van der Waals surface area contributed by atoms with E-state index < -0.39 is 0 Å². The molecule has 0 saturated carbocycles. The number of pyridine rings is 1. The second kappa shape index (κ2) is 7.92. The van der Waals surface area contributed by atoms with Crippen LogP contribution in [0.25, 0.3) is 12.2 Å². The van der Waals surface area contributed by atoms with Gasteiger partial charge in [-0.1, -0.05) is 25.8 Å². The minimum absolute atomic E-state index is 0.0469. The first kappa shape index (κ1) is 16.5. The van der Waals surface area contributed by atoms with Crippen LogP contribution in [0.5, 0.6) is 0 Å². The Morgan fingerprint density at radius 2 is 2.14 bits per heavy atom. The van der Waals surface area contributed by atoms with Crippen molar-refractivity contribution in [3.8, 4) is 0 Å². The summed E-state index contributed by atoms with van der Waals surface area (Å²) in [5.74, 6) is 0.680. The molecule has 0 spiro atoms. The van der Waals surface area contributed by atoms with E-state index in [1.54, 1.807) is 18.3 Å². The van der Waals surface area contributed by atoms with Crippen molar-refractivity contribution in [2.45, 2.75) is 25.3 Å². The van der Waals surface area contributed by atoms with E-state index in [-0.39, 0.29) is 6.04 Å². The van der Waals surface area contributed by atoms with Crippen molar-refractivity contribution in [3.05, 3.63) is 49.0 Å². The standard InChI is InChI=1S/C18H26N4/c1-4-15-11-16(12-21-18(15)5-2)22-13(3)17(19)10-14-6-8-20-9-7-14/h4-5,11-12,14,17,20,22H,1-3,6-10,19H2/t17-/m0/s1. The number of hydrogen-bond acceptors (Lipinski definition) is 4. The normalized spacial score (nSPS) is 16.8. The van der Waals surface area contributed by atoms with Crippen molar-refractivity contribution in [1.29, 1.82) is 0 Å². The van der Waals surface area contributed by atoms with Crippen molar-refractivity contribution in [2.24, 2.45) is 11.7 Å². The summed E-state index contributed by atoms with van der Waals surface area (Å²) in [6.07, 6.45) is 8.62. The quantitative estimate of drug-likeness (QED) is 0.724. The number of anilines is 1. The first-order chi connectivity index (χ1) is 10.6. The highest BCUT2D eigenvalue weighted by Gasteiger charge is 2.18. The van der Waals surface area contributed by atoms with Gasteiger partial charge < -0.3 is 16.4 Å². The highest BCUT2D eigenvalue weighted by atomic mass is 14.9. The zero-order valence-corrected chi connectivity index (χ0v) is 13.1. The zero-order valence-electron chi connectivity index (χ0n) is 13.1. The summed E-state index contributed by atoms with van der Waals surface area (Å²) in [7, 11) is 0. The number of piperidine rings is 1. The van der Waals surface area contributed by atoms with Gasteiger partial charge in [0.25, 0.3) is 0 Å². The Morgan fingerprint density at radius 3 is 2.77 bits per heavy atom. The fourth-order valence-corrected chi connectivity index (χ4v) is 2.79.